The van der Waals surface area contributed by atoms with Gasteiger partial charge in [-0.05, 0) is 35.4 Å². The normalized spacial score (nSPS) is 15.2. The highest BCUT2D eigenvalue weighted by atomic mass is 16.5. The Balaban J connectivity index is 0.000000212. The van der Waals surface area contributed by atoms with Gasteiger partial charge < -0.3 is 21.5 Å². The third kappa shape index (κ3) is 8.81. The Morgan fingerprint density at radius 3 is 1.94 bits per heavy atom. The summed E-state index contributed by atoms with van der Waals surface area (Å²) in [5.74, 6) is 0.491. The molecule has 0 radical (unpaired) electrons. The Bertz CT molecular complexity index is 873. The Hall–Kier alpha value is -2.70. The molecule has 1 aliphatic heterocycles. The second-order valence-electron chi connectivity index (χ2n) is 7.60. The van der Waals surface area contributed by atoms with Crippen molar-refractivity contribution in [3.63, 3.8) is 0 Å². The van der Waals surface area contributed by atoms with Crippen LogP contribution in [0, 0.1) is 0 Å². The Morgan fingerprint density at radius 1 is 0.781 bits per heavy atom. The van der Waals surface area contributed by atoms with Crippen molar-refractivity contribution >= 4 is 22.4 Å². The number of fused-ring (bicyclic) bond motifs is 1. The molecule has 2 fully saturated rings. The first-order valence-electron chi connectivity index (χ1n) is 11.9. The zero-order valence-corrected chi connectivity index (χ0v) is 19.6. The molecule has 0 spiro atoms. The maximum absolute atomic E-state index is 5.86. The van der Waals surface area contributed by atoms with Gasteiger partial charge in [0.15, 0.2) is 0 Å². The van der Waals surface area contributed by atoms with Crippen molar-refractivity contribution in [2.45, 2.75) is 52.4 Å². The number of nitrogens with zero attached hydrogens (tertiary/aromatic N) is 2. The Morgan fingerprint density at radius 2 is 1.41 bits per heavy atom. The Labute approximate surface area is 192 Å². The molecule has 0 bridgehead atoms. The lowest BCUT2D eigenvalue weighted by Crippen LogP contribution is -2.30. The van der Waals surface area contributed by atoms with Crippen molar-refractivity contribution in [1.82, 2.24) is 15.3 Å². The van der Waals surface area contributed by atoms with E-state index in [0.717, 1.165) is 54.0 Å². The fourth-order valence-electron chi connectivity index (χ4n) is 3.55. The van der Waals surface area contributed by atoms with Gasteiger partial charge in [-0.15, -0.1) is 0 Å². The molecular weight excluding hydrogens is 398 g/mol. The van der Waals surface area contributed by atoms with Crippen molar-refractivity contribution in [1.29, 1.82) is 0 Å². The SMILES string of the molecule is C1CCCCC1.C1COCCN1.CC.Nc1cccc(-c2ccc3ncnc(N)c3c2)c1. The summed E-state index contributed by atoms with van der Waals surface area (Å²) in [6.45, 7) is 7.83. The number of hydrogen-bond donors (Lipinski definition) is 3. The zero-order chi connectivity index (χ0) is 23.0. The molecule has 6 nitrogen and oxygen atoms in total. The third-order valence-corrected chi connectivity index (χ3v) is 5.23. The number of hydrogen-bond acceptors (Lipinski definition) is 6. The molecule has 2 aromatic carbocycles. The van der Waals surface area contributed by atoms with Crippen LogP contribution >= 0.6 is 0 Å². The van der Waals surface area contributed by atoms with E-state index in [-0.39, 0.29) is 0 Å². The van der Waals surface area contributed by atoms with Gasteiger partial charge in [-0.25, -0.2) is 9.97 Å². The molecular formula is C26H39N5O. The van der Waals surface area contributed by atoms with Crippen LogP contribution in [0.3, 0.4) is 0 Å². The number of nitrogens with one attached hydrogen (secondary N) is 1. The molecule has 5 rings (SSSR count). The van der Waals surface area contributed by atoms with E-state index in [2.05, 4.69) is 15.3 Å². The van der Waals surface area contributed by atoms with Gasteiger partial charge in [-0.2, -0.15) is 0 Å². The Kier molecular flexibility index (Phi) is 12.1. The summed E-state index contributed by atoms with van der Waals surface area (Å²) in [6.07, 6.45) is 10.5. The lowest BCUT2D eigenvalue weighted by Gasteiger charge is -2.10. The number of nitrogen functional groups attached to an aromatic ring is 2. The number of ether oxygens (including phenoxy) is 1. The van der Waals surface area contributed by atoms with E-state index in [1.807, 2.05) is 56.3 Å². The number of rotatable bonds is 1. The van der Waals surface area contributed by atoms with Crippen LogP contribution in [0.5, 0.6) is 0 Å². The maximum atomic E-state index is 5.86. The van der Waals surface area contributed by atoms with Gasteiger partial charge in [0, 0.05) is 24.2 Å². The second-order valence-corrected chi connectivity index (χ2v) is 7.60. The smallest absolute Gasteiger partial charge is 0.134 e. The van der Waals surface area contributed by atoms with E-state index in [1.54, 1.807) is 0 Å². The van der Waals surface area contributed by atoms with E-state index in [4.69, 9.17) is 16.2 Å². The maximum Gasteiger partial charge on any atom is 0.134 e. The molecule has 2 heterocycles. The van der Waals surface area contributed by atoms with E-state index in [1.165, 1.54) is 44.9 Å². The minimum Gasteiger partial charge on any atom is -0.399 e. The molecule has 5 N–H and O–H groups in total. The van der Waals surface area contributed by atoms with Crippen LogP contribution in [0.1, 0.15) is 52.4 Å². The molecule has 6 heteroatoms. The van der Waals surface area contributed by atoms with Crippen LogP contribution in [0.4, 0.5) is 11.5 Å². The second kappa shape index (κ2) is 15.2. The summed E-state index contributed by atoms with van der Waals surface area (Å²) in [6, 6.07) is 13.7. The van der Waals surface area contributed by atoms with Gasteiger partial charge in [0.2, 0.25) is 0 Å². The van der Waals surface area contributed by atoms with Gasteiger partial charge in [-0.3, -0.25) is 0 Å². The molecule has 1 saturated heterocycles. The van der Waals surface area contributed by atoms with Crippen LogP contribution in [-0.2, 0) is 4.74 Å². The van der Waals surface area contributed by atoms with Crippen molar-refractivity contribution in [3.05, 3.63) is 48.8 Å². The topological polar surface area (TPSA) is 99.1 Å². The fourth-order valence-corrected chi connectivity index (χ4v) is 3.55. The van der Waals surface area contributed by atoms with E-state index >= 15 is 0 Å². The molecule has 3 aromatic rings. The predicted molar refractivity (Wildman–Crippen MR) is 137 cm³/mol. The van der Waals surface area contributed by atoms with Crippen LogP contribution < -0.4 is 16.8 Å². The highest BCUT2D eigenvalue weighted by Gasteiger charge is 2.04. The quantitative estimate of drug-likeness (QED) is 0.439. The standard InChI is InChI=1S/C14H12N4.C6H12.C4H9NO.C2H6/c15-11-3-1-2-9(6-11)10-4-5-13-12(7-10)14(16)18-8-17-13;1-2-4-6-5-3-1;1-3-6-4-2-5-1;1-2/h1-8H,15H2,(H2,16,17,18);1-6H2;5H,1-4H2;1-2H3. The summed E-state index contributed by atoms with van der Waals surface area (Å²) < 4.78 is 5.01. The fraction of sp³-hybridized carbons (Fsp3) is 0.462. The number of anilines is 2. The van der Waals surface area contributed by atoms with E-state index in [9.17, 15) is 0 Å². The van der Waals surface area contributed by atoms with E-state index in [0.29, 0.717) is 5.82 Å². The van der Waals surface area contributed by atoms with Gasteiger partial charge in [0.1, 0.15) is 12.1 Å². The first-order valence-corrected chi connectivity index (χ1v) is 11.9. The van der Waals surface area contributed by atoms with Gasteiger partial charge in [0.25, 0.3) is 0 Å². The van der Waals surface area contributed by atoms with Crippen molar-refractivity contribution in [3.8, 4) is 11.1 Å². The summed E-state index contributed by atoms with van der Waals surface area (Å²) in [5, 5.41) is 4.02. The average molecular weight is 438 g/mol. The van der Waals surface area contributed by atoms with Gasteiger partial charge in [0.05, 0.1) is 18.7 Å². The minimum absolute atomic E-state index is 0.491. The van der Waals surface area contributed by atoms with Crippen LogP contribution in [-0.4, -0.2) is 36.3 Å². The molecule has 1 aliphatic carbocycles. The summed E-state index contributed by atoms with van der Waals surface area (Å²) >= 11 is 0. The number of nitrogens with two attached hydrogens (primary N) is 2. The van der Waals surface area contributed by atoms with Crippen LogP contribution in [0.2, 0.25) is 0 Å². The lowest BCUT2D eigenvalue weighted by atomic mass is 10.0. The largest absolute Gasteiger partial charge is 0.399 e. The molecule has 0 unspecified atom stereocenters. The first-order chi connectivity index (χ1) is 15.7. The van der Waals surface area contributed by atoms with Crippen molar-refractivity contribution in [2.75, 3.05) is 37.8 Å². The van der Waals surface area contributed by atoms with Crippen molar-refractivity contribution in [2.24, 2.45) is 0 Å². The molecule has 0 amide bonds. The van der Waals surface area contributed by atoms with Crippen LogP contribution in [0.15, 0.2) is 48.8 Å². The average Bonchev–Trinajstić information content (AvgIpc) is 2.88. The number of morpholine rings is 1. The number of benzene rings is 2. The zero-order valence-electron chi connectivity index (χ0n) is 19.6. The summed E-state index contributed by atoms with van der Waals surface area (Å²) in [5.41, 5.74) is 15.3. The number of aromatic nitrogens is 2. The van der Waals surface area contributed by atoms with E-state index < -0.39 is 0 Å². The molecule has 0 atom stereocenters. The molecule has 1 aromatic heterocycles. The highest BCUT2D eigenvalue weighted by molar-refractivity contribution is 5.91. The molecule has 2 aliphatic rings. The lowest BCUT2D eigenvalue weighted by molar-refractivity contribution is 0.109. The van der Waals surface area contributed by atoms with Crippen LogP contribution in [0.25, 0.3) is 22.0 Å². The molecule has 1 saturated carbocycles. The summed E-state index contributed by atoms with van der Waals surface area (Å²) in [4.78, 5) is 8.18. The van der Waals surface area contributed by atoms with Crippen molar-refractivity contribution < 1.29 is 4.74 Å². The van der Waals surface area contributed by atoms with Gasteiger partial charge in [-0.1, -0.05) is 70.6 Å². The third-order valence-electron chi connectivity index (χ3n) is 5.23. The predicted octanol–water partition coefficient (Wildman–Crippen LogP) is 5.43. The minimum atomic E-state index is 0.491. The molecule has 174 valence electrons. The first kappa shape index (κ1) is 25.6. The van der Waals surface area contributed by atoms with Gasteiger partial charge >= 0.3 is 0 Å². The monoisotopic (exact) mass is 437 g/mol. The highest BCUT2D eigenvalue weighted by Crippen LogP contribution is 2.26. The summed E-state index contributed by atoms with van der Waals surface area (Å²) in [7, 11) is 0. The molecule has 32 heavy (non-hydrogen) atoms.